The van der Waals surface area contributed by atoms with Crippen LogP contribution in [0.5, 0.6) is 5.75 Å². The number of piperazine rings is 1. The van der Waals surface area contributed by atoms with Crippen LogP contribution in [0.4, 0.5) is 5.69 Å². The summed E-state index contributed by atoms with van der Waals surface area (Å²) in [6.07, 6.45) is 2.07. The molecule has 0 aliphatic carbocycles. The summed E-state index contributed by atoms with van der Waals surface area (Å²) in [5.74, 6) is 1.21. The van der Waals surface area contributed by atoms with Crippen molar-refractivity contribution in [3.05, 3.63) is 60.0 Å². The molecule has 1 aromatic carbocycles. The number of aromatic hydroxyl groups is 1. The Bertz CT molecular complexity index is 994. The van der Waals surface area contributed by atoms with E-state index in [9.17, 15) is 5.11 Å². The van der Waals surface area contributed by atoms with E-state index >= 15 is 0 Å². The van der Waals surface area contributed by atoms with Gasteiger partial charge in [0.2, 0.25) is 0 Å². The highest BCUT2D eigenvalue weighted by Crippen LogP contribution is 2.27. The van der Waals surface area contributed by atoms with Gasteiger partial charge in [-0.15, -0.1) is 24.0 Å². The maximum atomic E-state index is 10.1. The number of rotatable bonds is 3. The number of phenolic OH excluding ortho intramolecular Hbond substituents is 1. The van der Waals surface area contributed by atoms with Crippen molar-refractivity contribution in [2.24, 2.45) is 4.99 Å². The molecule has 0 unspecified atom stereocenters. The number of aromatic nitrogens is 2. The first kappa shape index (κ1) is 21.2. The van der Waals surface area contributed by atoms with Crippen molar-refractivity contribution in [2.45, 2.75) is 13.5 Å². The van der Waals surface area contributed by atoms with Crippen LogP contribution in [0.15, 0.2) is 53.7 Å². The molecule has 0 bridgehead atoms. The van der Waals surface area contributed by atoms with Gasteiger partial charge in [0.15, 0.2) is 5.96 Å². The molecule has 0 radical (unpaired) electrons. The number of fused-ring (bicyclic) bond motifs is 1. The van der Waals surface area contributed by atoms with Gasteiger partial charge in [-0.05, 0) is 31.2 Å². The fourth-order valence-electron chi connectivity index (χ4n) is 3.68. The van der Waals surface area contributed by atoms with Gasteiger partial charge in [0.05, 0.1) is 17.9 Å². The normalized spacial score (nSPS) is 14.8. The summed E-state index contributed by atoms with van der Waals surface area (Å²) in [5.41, 5.74) is 4.01. The molecule has 0 amide bonds. The van der Waals surface area contributed by atoms with E-state index in [2.05, 4.69) is 48.7 Å². The lowest BCUT2D eigenvalue weighted by molar-refractivity contribution is 0.369. The molecule has 0 saturated carbocycles. The number of guanidine groups is 1. The molecule has 0 atom stereocenters. The monoisotopic (exact) mass is 506 g/mol. The van der Waals surface area contributed by atoms with Crippen LogP contribution in [0.1, 0.15) is 11.4 Å². The molecule has 1 saturated heterocycles. The van der Waals surface area contributed by atoms with Crippen molar-refractivity contribution in [1.82, 2.24) is 19.6 Å². The fourth-order valence-corrected chi connectivity index (χ4v) is 3.68. The van der Waals surface area contributed by atoms with Gasteiger partial charge < -0.3 is 24.6 Å². The lowest BCUT2D eigenvalue weighted by Gasteiger charge is -2.37. The Labute approximate surface area is 188 Å². The molecule has 7 nitrogen and oxygen atoms in total. The summed E-state index contributed by atoms with van der Waals surface area (Å²) >= 11 is 0. The zero-order valence-corrected chi connectivity index (χ0v) is 19.1. The quantitative estimate of drug-likeness (QED) is 0.325. The summed E-state index contributed by atoms with van der Waals surface area (Å²) in [6, 6.07) is 13.6. The largest absolute Gasteiger partial charge is 0.506 e. The number of nitrogens with zero attached hydrogens (tertiary/aromatic N) is 5. The average Bonchev–Trinajstić information content (AvgIpc) is 3.14. The molecule has 2 N–H and O–H groups in total. The lowest BCUT2D eigenvalue weighted by Crippen LogP contribution is -2.52. The minimum atomic E-state index is 0. The number of para-hydroxylation sites is 2. The Kier molecular flexibility index (Phi) is 6.83. The van der Waals surface area contributed by atoms with Gasteiger partial charge in [-0.2, -0.15) is 0 Å². The van der Waals surface area contributed by atoms with Crippen molar-refractivity contribution in [2.75, 3.05) is 38.1 Å². The summed E-state index contributed by atoms with van der Waals surface area (Å²) in [5, 5.41) is 13.5. The Morgan fingerprint density at radius 2 is 1.86 bits per heavy atom. The van der Waals surface area contributed by atoms with E-state index in [1.165, 1.54) is 5.69 Å². The Morgan fingerprint density at radius 3 is 2.55 bits per heavy atom. The number of anilines is 1. The highest BCUT2D eigenvalue weighted by atomic mass is 127. The standard InChI is InChI=1S/C21H26N6O.HI/c1-16-6-5-9-20-24-17(15-27(16)20)14-23-21(22-2)26-12-10-25(11-13-26)18-7-3-4-8-19(18)28;/h3-9,15,28H,10-14H2,1-2H3,(H,22,23);1H. The van der Waals surface area contributed by atoms with Crippen molar-refractivity contribution in [1.29, 1.82) is 0 Å². The summed E-state index contributed by atoms with van der Waals surface area (Å²) < 4.78 is 2.10. The maximum Gasteiger partial charge on any atom is 0.194 e. The topological polar surface area (TPSA) is 68.4 Å². The van der Waals surface area contributed by atoms with Crippen LogP contribution >= 0.6 is 24.0 Å². The number of benzene rings is 1. The number of aliphatic imine (C=N–C) groups is 1. The van der Waals surface area contributed by atoms with Crippen LogP contribution in [-0.2, 0) is 6.54 Å². The van der Waals surface area contributed by atoms with Crippen LogP contribution in [0, 0.1) is 6.92 Å². The zero-order chi connectivity index (χ0) is 19.5. The van der Waals surface area contributed by atoms with Gasteiger partial charge in [-0.3, -0.25) is 4.99 Å². The molecule has 3 heterocycles. The Balaban J connectivity index is 0.00000240. The highest BCUT2D eigenvalue weighted by molar-refractivity contribution is 14.0. The first-order valence-electron chi connectivity index (χ1n) is 9.58. The summed E-state index contributed by atoms with van der Waals surface area (Å²) in [7, 11) is 1.81. The van der Waals surface area contributed by atoms with Crippen LogP contribution < -0.4 is 10.2 Å². The molecule has 29 heavy (non-hydrogen) atoms. The molecule has 4 rings (SSSR count). The van der Waals surface area contributed by atoms with Gasteiger partial charge in [0.25, 0.3) is 0 Å². The van der Waals surface area contributed by atoms with Gasteiger partial charge in [-0.1, -0.05) is 18.2 Å². The predicted molar refractivity (Wildman–Crippen MR) is 127 cm³/mol. The highest BCUT2D eigenvalue weighted by Gasteiger charge is 2.21. The van der Waals surface area contributed by atoms with Gasteiger partial charge in [-0.25, -0.2) is 4.98 Å². The first-order valence-corrected chi connectivity index (χ1v) is 9.58. The van der Waals surface area contributed by atoms with E-state index < -0.39 is 0 Å². The SMILES string of the molecule is CN=C(NCc1cn2c(C)cccc2n1)N1CCN(c2ccccc2O)CC1.I. The minimum Gasteiger partial charge on any atom is -0.506 e. The van der Waals surface area contributed by atoms with E-state index in [0.29, 0.717) is 12.3 Å². The van der Waals surface area contributed by atoms with Crippen molar-refractivity contribution < 1.29 is 5.11 Å². The maximum absolute atomic E-state index is 10.1. The molecular formula is C21H27IN6O. The average molecular weight is 506 g/mol. The number of hydrogen-bond donors (Lipinski definition) is 2. The molecule has 0 spiro atoms. The third-order valence-corrected chi connectivity index (χ3v) is 5.19. The molecule has 1 fully saturated rings. The van der Waals surface area contributed by atoms with Gasteiger partial charge in [0, 0.05) is 45.1 Å². The molecule has 2 aromatic heterocycles. The van der Waals surface area contributed by atoms with Crippen LogP contribution in [-0.4, -0.2) is 58.6 Å². The number of hydrogen-bond acceptors (Lipinski definition) is 4. The second-order valence-electron chi connectivity index (χ2n) is 6.99. The number of pyridine rings is 1. The molecule has 1 aliphatic heterocycles. The third kappa shape index (κ3) is 4.58. The van der Waals surface area contributed by atoms with E-state index in [1.54, 1.807) is 6.07 Å². The Morgan fingerprint density at radius 1 is 1.10 bits per heavy atom. The van der Waals surface area contributed by atoms with E-state index in [-0.39, 0.29) is 24.0 Å². The van der Waals surface area contributed by atoms with Crippen LogP contribution in [0.3, 0.4) is 0 Å². The van der Waals surface area contributed by atoms with Gasteiger partial charge >= 0.3 is 0 Å². The Hall–Kier alpha value is -2.49. The number of imidazole rings is 1. The summed E-state index contributed by atoms with van der Waals surface area (Å²) in [6.45, 7) is 6.08. The molecule has 1 aliphatic rings. The molecule has 154 valence electrons. The minimum absolute atomic E-state index is 0. The van der Waals surface area contributed by atoms with E-state index in [1.807, 2.05) is 37.4 Å². The van der Waals surface area contributed by atoms with Crippen molar-refractivity contribution in [3.63, 3.8) is 0 Å². The third-order valence-electron chi connectivity index (χ3n) is 5.19. The molecular weight excluding hydrogens is 479 g/mol. The van der Waals surface area contributed by atoms with E-state index in [4.69, 9.17) is 0 Å². The second kappa shape index (κ2) is 9.34. The second-order valence-corrected chi connectivity index (χ2v) is 6.99. The zero-order valence-electron chi connectivity index (χ0n) is 16.7. The van der Waals surface area contributed by atoms with Crippen LogP contribution in [0.25, 0.3) is 5.65 Å². The smallest absolute Gasteiger partial charge is 0.194 e. The number of halogens is 1. The van der Waals surface area contributed by atoms with Gasteiger partial charge in [0.1, 0.15) is 11.4 Å². The lowest BCUT2D eigenvalue weighted by atomic mass is 10.2. The van der Waals surface area contributed by atoms with Crippen molar-refractivity contribution >= 4 is 41.3 Å². The van der Waals surface area contributed by atoms with E-state index in [0.717, 1.165) is 49.2 Å². The fraction of sp³-hybridized carbons (Fsp3) is 0.333. The van der Waals surface area contributed by atoms with Crippen LogP contribution in [0.2, 0.25) is 0 Å². The first-order chi connectivity index (χ1) is 13.7. The summed E-state index contributed by atoms with van der Waals surface area (Å²) in [4.78, 5) is 13.6. The number of nitrogens with one attached hydrogen (secondary N) is 1. The van der Waals surface area contributed by atoms with Crippen molar-refractivity contribution in [3.8, 4) is 5.75 Å². The molecule has 8 heteroatoms. The number of aryl methyl sites for hydroxylation is 1. The number of phenols is 1. The predicted octanol–water partition coefficient (Wildman–Crippen LogP) is 2.86. The molecule has 3 aromatic rings.